The van der Waals surface area contributed by atoms with E-state index in [0.29, 0.717) is 22.4 Å². The summed E-state index contributed by atoms with van der Waals surface area (Å²) in [4.78, 5) is 16.6. The molecule has 1 aliphatic rings. The Morgan fingerprint density at radius 3 is 2.50 bits per heavy atom. The molecule has 1 unspecified atom stereocenters. The quantitative estimate of drug-likeness (QED) is 0.766. The molecule has 2 aromatic carbocycles. The first-order valence-electron chi connectivity index (χ1n) is 8.71. The molecule has 1 aliphatic heterocycles. The molecule has 0 fully saturated rings. The van der Waals surface area contributed by atoms with Crippen molar-refractivity contribution >= 4 is 22.9 Å². The molecular weight excluding hydrogens is 376 g/mol. The normalized spacial score (nSPS) is 16.2. The summed E-state index contributed by atoms with van der Waals surface area (Å²) in [6, 6.07) is 14.6. The molecule has 3 rings (SSSR count). The fourth-order valence-corrected chi connectivity index (χ4v) is 3.89. The van der Waals surface area contributed by atoms with Gasteiger partial charge in [-0.2, -0.15) is 0 Å². The number of benzene rings is 2. The average Bonchev–Trinajstić information content (AvgIpc) is 2.71. The van der Waals surface area contributed by atoms with Crippen LogP contribution >= 0.6 is 11.8 Å². The molecule has 2 N–H and O–H groups in total. The standard InChI is InChI=1S/C21H22N2O4S/c1-13-18(20(24)25)19(16-6-4-5-7-17(16)27-3)23-21(22-13)28-12-14-8-10-15(26-2)11-9-14/h4-11,19H,12H2,1-3H3,(H,22,23)(H,24,25). The Bertz CT molecular complexity index is 922. The molecule has 0 bridgehead atoms. The third-order valence-corrected chi connectivity index (χ3v) is 5.38. The Morgan fingerprint density at radius 2 is 1.86 bits per heavy atom. The van der Waals surface area contributed by atoms with E-state index in [2.05, 4.69) is 10.3 Å². The zero-order valence-electron chi connectivity index (χ0n) is 15.9. The van der Waals surface area contributed by atoms with Crippen molar-refractivity contribution in [1.29, 1.82) is 0 Å². The van der Waals surface area contributed by atoms with E-state index in [1.54, 1.807) is 21.1 Å². The summed E-state index contributed by atoms with van der Waals surface area (Å²) in [5.41, 5.74) is 2.65. The van der Waals surface area contributed by atoms with Crippen molar-refractivity contribution in [1.82, 2.24) is 5.32 Å². The number of allylic oxidation sites excluding steroid dienone is 1. The summed E-state index contributed by atoms with van der Waals surface area (Å²) >= 11 is 1.52. The lowest BCUT2D eigenvalue weighted by atomic mass is 9.96. The van der Waals surface area contributed by atoms with Crippen molar-refractivity contribution in [2.45, 2.75) is 18.7 Å². The van der Waals surface area contributed by atoms with Gasteiger partial charge in [0.25, 0.3) is 0 Å². The second-order valence-electron chi connectivity index (χ2n) is 6.18. The molecule has 0 saturated heterocycles. The number of aliphatic imine (C=N–C) groups is 1. The number of hydrogen-bond acceptors (Lipinski definition) is 6. The Morgan fingerprint density at radius 1 is 1.14 bits per heavy atom. The van der Waals surface area contributed by atoms with Crippen LogP contribution in [0.3, 0.4) is 0 Å². The van der Waals surface area contributed by atoms with Gasteiger partial charge in [0.1, 0.15) is 17.5 Å². The highest BCUT2D eigenvalue weighted by molar-refractivity contribution is 8.13. The van der Waals surface area contributed by atoms with Crippen molar-refractivity contribution in [3.05, 3.63) is 70.9 Å². The Labute approximate surface area is 168 Å². The van der Waals surface area contributed by atoms with Crippen LogP contribution in [0.15, 0.2) is 64.8 Å². The molecule has 0 amide bonds. The van der Waals surface area contributed by atoms with E-state index in [9.17, 15) is 9.90 Å². The van der Waals surface area contributed by atoms with Crippen LogP contribution in [0.4, 0.5) is 0 Å². The predicted octanol–water partition coefficient (Wildman–Crippen LogP) is 4.00. The van der Waals surface area contributed by atoms with Crippen molar-refractivity contribution in [2.75, 3.05) is 14.2 Å². The van der Waals surface area contributed by atoms with Crippen LogP contribution in [-0.2, 0) is 10.5 Å². The van der Waals surface area contributed by atoms with E-state index in [1.165, 1.54) is 11.8 Å². The van der Waals surface area contributed by atoms with E-state index in [-0.39, 0.29) is 5.57 Å². The van der Waals surface area contributed by atoms with Gasteiger partial charge >= 0.3 is 5.97 Å². The number of amidine groups is 1. The highest BCUT2D eigenvalue weighted by Crippen LogP contribution is 2.37. The van der Waals surface area contributed by atoms with Crippen LogP contribution in [0.1, 0.15) is 24.1 Å². The van der Waals surface area contributed by atoms with Crippen LogP contribution in [0.25, 0.3) is 0 Å². The molecule has 0 radical (unpaired) electrons. The number of nitrogens with one attached hydrogen (secondary N) is 1. The minimum absolute atomic E-state index is 0.221. The number of aliphatic carboxylic acids is 1. The molecule has 0 aliphatic carbocycles. The van der Waals surface area contributed by atoms with Crippen molar-refractivity contribution < 1.29 is 19.4 Å². The molecule has 1 heterocycles. The Hall–Kier alpha value is -2.93. The van der Waals surface area contributed by atoms with Gasteiger partial charge in [-0.25, -0.2) is 9.79 Å². The number of nitrogens with zero attached hydrogens (tertiary/aromatic N) is 1. The maximum absolute atomic E-state index is 11.9. The number of ether oxygens (including phenoxy) is 2. The number of thioether (sulfide) groups is 1. The summed E-state index contributed by atoms with van der Waals surface area (Å²) in [6.07, 6.45) is 0. The maximum Gasteiger partial charge on any atom is 0.335 e. The zero-order valence-corrected chi connectivity index (χ0v) is 16.7. The van der Waals surface area contributed by atoms with Crippen molar-refractivity contribution in [3.8, 4) is 11.5 Å². The largest absolute Gasteiger partial charge is 0.497 e. The number of carbonyl (C=O) groups is 1. The molecule has 146 valence electrons. The third-order valence-electron chi connectivity index (χ3n) is 4.42. The molecule has 0 spiro atoms. The smallest absolute Gasteiger partial charge is 0.335 e. The third kappa shape index (κ3) is 4.31. The monoisotopic (exact) mass is 398 g/mol. The van der Waals surface area contributed by atoms with Crippen molar-refractivity contribution in [3.63, 3.8) is 0 Å². The van der Waals surface area contributed by atoms with E-state index >= 15 is 0 Å². The summed E-state index contributed by atoms with van der Waals surface area (Å²) < 4.78 is 10.6. The lowest BCUT2D eigenvalue weighted by Gasteiger charge is -2.25. The highest BCUT2D eigenvalue weighted by atomic mass is 32.2. The molecule has 28 heavy (non-hydrogen) atoms. The summed E-state index contributed by atoms with van der Waals surface area (Å²) in [6.45, 7) is 1.76. The average molecular weight is 398 g/mol. The SMILES string of the molecule is COc1ccc(CSC2=NC(c3ccccc3OC)C(C(=O)O)=C(C)N2)cc1. The minimum Gasteiger partial charge on any atom is -0.497 e. The number of carboxylic acids is 1. The maximum atomic E-state index is 11.9. The van der Waals surface area contributed by atoms with Crippen LogP contribution in [0, 0.1) is 0 Å². The summed E-state index contributed by atoms with van der Waals surface area (Å²) in [5, 5.41) is 13.5. The van der Waals surface area contributed by atoms with E-state index in [0.717, 1.165) is 16.9 Å². The molecule has 1 atom stereocenters. The highest BCUT2D eigenvalue weighted by Gasteiger charge is 2.31. The van der Waals surface area contributed by atoms with Crippen molar-refractivity contribution in [2.24, 2.45) is 4.99 Å². The van der Waals surface area contributed by atoms with Gasteiger partial charge in [0.05, 0.1) is 19.8 Å². The fourth-order valence-electron chi connectivity index (χ4n) is 2.99. The molecule has 0 aromatic heterocycles. The first kappa shape index (κ1) is 19.8. The van der Waals surface area contributed by atoms with Gasteiger partial charge < -0.3 is 19.9 Å². The number of rotatable bonds is 6. The first-order valence-corrected chi connectivity index (χ1v) is 9.69. The number of carboxylic acid groups (broad SMARTS) is 1. The summed E-state index contributed by atoms with van der Waals surface area (Å²) in [7, 11) is 3.21. The predicted molar refractivity (Wildman–Crippen MR) is 111 cm³/mol. The Kier molecular flexibility index (Phi) is 6.26. The van der Waals surface area contributed by atoms with Gasteiger partial charge in [-0.05, 0) is 30.7 Å². The van der Waals surface area contributed by atoms with E-state index < -0.39 is 12.0 Å². The van der Waals surface area contributed by atoms with Crippen LogP contribution in [0.2, 0.25) is 0 Å². The zero-order chi connectivity index (χ0) is 20.1. The number of para-hydroxylation sites is 1. The topological polar surface area (TPSA) is 80.2 Å². The molecule has 0 saturated carbocycles. The number of methoxy groups -OCH3 is 2. The van der Waals surface area contributed by atoms with Gasteiger partial charge in [-0.15, -0.1) is 0 Å². The minimum atomic E-state index is -0.996. The van der Waals surface area contributed by atoms with Crippen LogP contribution < -0.4 is 14.8 Å². The van der Waals surface area contributed by atoms with Crippen LogP contribution in [-0.4, -0.2) is 30.5 Å². The second kappa shape index (κ2) is 8.84. The second-order valence-corrected chi connectivity index (χ2v) is 7.15. The lowest BCUT2D eigenvalue weighted by molar-refractivity contribution is -0.133. The van der Waals surface area contributed by atoms with Gasteiger partial charge in [0.15, 0.2) is 5.17 Å². The molecule has 7 heteroatoms. The van der Waals surface area contributed by atoms with E-state index in [4.69, 9.17) is 9.47 Å². The fraction of sp³-hybridized carbons (Fsp3) is 0.238. The van der Waals surface area contributed by atoms with Gasteiger partial charge in [0.2, 0.25) is 0 Å². The molecule has 2 aromatic rings. The van der Waals surface area contributed by atoms with Crippen LogP contribution in [0.5, 0.6) is 11.5 Å². The van der Waals surface area contributed by atoms with Gasteiger partial charge in [-0.1, -0.05) is 42.1 Å². The lowest BCUT2D eigenvalue weighted by Crippen LogP contribution is -2.29. The van der Waals surface area contributed by atoms with E-state index in [1.807, 2.05) is 48.5 Å². The Balaban J connectivity index is 1.87. The van der Waals surface area contributed by atoms with Gasteiger partial charge in [-0.3, -0.25) is 0 Å². The van der Waals surface area contributed by atoms with Gasteiger partial charge in [0, 0.05) is 17.0 Å². The number of hydrogen-bond donors (Lipinski definition) is 2. The first-order chi connectivity index (χ1) is 13.5. The molecule has 6 nitrogen and oxygen atoms in total. The molecular formula is C21H22N2O4S. The summed E-state index contributed by atoms with van der Waals surface area (Å²) in [5.74, 6) is 1.13.